The molecule has 0 saturated heterocycles. The van der Waals surface area contributed by atoms with Gasteiger partial charge in [0.25, 0.3) is 0 Å². The zero-order chi connectivity index (χ0) is 17.4. The first-order valence-electron chi connectivity index (χ1n) is 7.87. The average Bonchev–Trinajstić information content (AvgIpc) is 2.92. The van der Waals surface area contributed by atoms with E-state index in [2.05, 4.69) is 0 Å². The van der Waals surface area contributed by atoms with Gasteiger partial charge < -0.3 is 9.15 Å². The normalized spacial score (nSPS) is 15.1. The molecule has 1 aliphatic rings. The van der Waals surface area contributed by atoms with Crippen molar-refractivity contribution < 1.29 is 13.9 Å². The van der Waals surface area contributed by atoms with Crippen LogP contribution in [0.25, 0.3) is 17.0 Å². The van der Waals surface area contributed by atoms with E-state index in [0.29, 0.717) is 11.3 Å². The minimum Gasteiger partial charge on any atom is -0.452 e. The number of carbonyl (C=O) groups excluding carboxylic acids is 1. The van der Waals surface area contributed by atoms with Gasteiger partial charge in [-0.15, -0.1) is 0 Å². The maximum Gasteiger partial charge on any atom is 0.336 e. The van der Waals surface area contributed by atoms with Gasteiger partial charge in [0.2, 0.25) is 5.78 Å². The number of ketones is 1. The number of Topliss-reactive ketones (excluding diaryl/α,β-unsaturated/α-hetero) is 1. The van der Waals surface area contributed by atoms with Crippen molar-refractivity contribution in [3.63, 3.8) is 0 Å². The number of allylic oxidation sites excluding steroid dienone is 3. The van der Waals surface area contributed by atoms with Crippen LogP contribution in [-0.4, -0.2) is 5.78 Å². The summed E-state index contributed by atoms with van der Waals surface area (Å²) in [6.45, 7) is 1.81. The standard InChI is InChI=1S/C21H14O4/c1-13-12-18(22)25-21-15(13)10-11-16-19(21)20(23)17(24-16)9-5-8-14-6-3-2-4-7-14/h2-12H,1H3. The Kier molecular flexibility index (Phi) is 3.58. The molecule has 2 heterocycles. The van der Waals surface area contributed by atoms with E-state index in [4.69, 9.17) is 9.15 Å². The third-order valence-electron chi connectivity index (χ3n) is 4.09. The molecular formula is C21H14O4. The van der Waals surface area contributed by atoms with Gasteiger partial charge in [0, 0.05) is 11.5 Å². The first kappa shape index (κ1) is 15.1. The Morgan fingerprint density at radius 2 is 1.80 bits per heavy atom. The van der Waals surface area contributed by atoms with Gasteiger partial charge in [-0.3, -0.25) is 4.79 Å². The van der Waals surface area contributed by atoms with E-state index in [0.717, 1.165) is 16.5 Å². The molecule has 1 aromatic heterocycles. The summed E-state index contributed by atoms with van der Waals surface area (Å²) >= 11 is 0. The summed E-state index contributed by atoms with van der Waals surface area (Å²) in [5.41, 5.74) is 1.89. The Morgan fingerprint density at radius 3 is 2.60 bits per heavy atom. The lowest BCUT2D eigenvalue weighted by Crippen LogP contribution is -2.02. The molecule has 0 radical (unpaired) electrons. The second kappa shape index (κ2) is 5.91. The molecule has 0 saturated carbocycles. The summed E-state index contributed by atoms with van der Waals surface area (Å²) in [5, 5.41) is 0.733. The molecule has 0 unspecified atom stereocenters. The van der Waals surface area contributed by atoms with Crippen molar-refractivity contribution in [2.45, 2.75) is 6.92 Å². The number of hydrogen-bond donors (Lipinski definition) is 0. The SMILES string of the molecule is Cc1cc(=O)oc2c3c(ccc12)OC(=CC=Cc1ccccc1)C3=O. The molecule has 0 atom stereocenters. The monoisotopic (exact) mass is 330 g/mol. The maximum absolute atomic E-state index is 12.7. The van der Waals surface area contributed by atoms with E-state index < -0.39 is 5.63 Å². The zero-order valence-corrected chi connectivity index (χ0v) is 13.5. The van der Waals surface area contributed by atoms with Crippen LogP contribution in [0.5, 0.6) is 5.75 Å². The number of benzene rings is 2. The predicted octanol–water partition coefficient (Wildman–Crippen LogP) is 4.27. The zero-order valence-electron chi connectivity index (χ0n) is 13.5. The van der Waals surface area contributed by atoms with Gasteiger partial charge in [-0.2, -0.15) is 0 Å². The highest BCUT2D eigenvalue weighted by Crippen LogP contribution is 2.36. The molecule has 4 rings (SSSR count). The van der Waals surface area contributed by atoms with Crippen molar-refractivity contribution in [1.29, 1.82) is 0 Å². The number of carbonyl (C=O) groups is 1. The minimum absolute atomic E-state index is 0.207. The van der Waals surface area contributed by atoms with E-state index in [1.807, 2.05) is 43.3 Å². The first-order chi connectivity index (χ1) is 12.1. The van der Waals surface area contributed by atoms with Crippen molar-refractivity contribution in [2.24, 2.45) is 0 Å². The Hall–Kier alpha value is -3.40. The summed E-state index contributed by atoms with van der Waals surface area (Å²) in [7, 11) is 0. The van der Waals surface area contributed by atoms with Crippen LogP contribution in [0.3, 0.4) is 0 Å². The largest absolute Gasteiger partial charge is 0.452 e. The van der Waals surface area contributed by atoms with Crippen LogP contribution in [0.4, 0.5) is 0 Å². The van der Waals surface area contributed by atoms with Gasteiger partial charge in [0.1, 0.15) is 11.3 Å². The van der Waals surface area contributed by atoms with Gasteiger partial charge >= 0.3 is 5.63 Å². The second-order valence-electron chi connectivity index (χ2n) is 5.80. The fourth-order valence-corrected chi connectivity index (χ4v) is 2.87. The molecule has 0 N–H and O–H groups in total. The lowest BCUT2D eigenvalue weighted by Gasteiger charge is -2.02. The van der Waals surface area contributed by atoms with Crippen molar-refractivity contribution in [3.8, 4) is 5.75 Å². The highest BCUT2D eigenvalue weighted by Gasteiger charge is 2.30. The van der Waals surface area contributed by atoms with Crippen LogP contribution in [0.1, 0.15) is 21.5 Å². The molecule has 0 spiro atoms. The van der Waals surface area contributed by atoms with E-state index in [-0.39, 0.29) is 17.1 Å². The first-order valence-corrected chi connectivity index (χ1v) is 7.87. The minimum atomic E-state index is -0.479. The molecule has 0 aliphatic carbocycles. The third-order valence-corrected chi connectivity index (χ3v) is 4.09. The molecule has 1 aliphatic heterocycles. The Labute approximate surface area is 143 Å². The molecule has 3 aromatic rings. The van der Waals surface area contributed by atoms with Crippen LogP contribution in [0.2, 0.25) is 0 Å². The van der Waals surface area contributed by atoms with E-state index in [1.54, 1.807) is 24.3 Å². The highest BCUT2D eigenvalue weighted by molar-refractivity contribution is 6.18. The van der Waals surface area contributed by atoms with Crippen LogP contribution in [0, 0.1) is 6.92 Å². The van der Waals surface area contributed by atoms with Crippen LogP contribution in [0.15, 0.2) is 75.7 Å². The van der Waals surface area contributed by atoms with Gasteiger partial charge in [0.15, 0.2) is 11.3 Å². The van der Waals surface area contributed by atoms with E-state index >= 15 is 0 Å². The summed E-state index contributed by atoms with van der Waals surface area (Å²) < 4.78 is 10.9. The number of ether oxygens (including phenoxy) is 1. The summed E-state index contributed by atoms with van der Waals surface area (Å²) in [4.78, 5) is 24.4. The molecule has 2 aromatic carbocycles. The lowest BCUT2D eigenvalue weighted by molar-refractivity contribution is 0.101. The fourth-order valence-electron chi connectivity index (χ4n) is 2.87. The molecule has 0 amide bonds. The Morgan fingerprint density at radius 1 is 1.00 bits per heavy atom. The molecule has 4 nitrogen and oxygen atoms in total. The molecule has 25 heavy (non-hydrogen) atoms. The second-order valence-corrected chi connectivity index (χ2v) is 5.80. The number of fused-ring (bicyclic) bond motifs is 3. The van der Waals surface area contributed by atoms with Crippen molar-refractivity contribution >= 4 is 22.8 Å². The van der Waals surface area contributed by atoms with Crippen LogP contribution >= 0.6 is 0 Å². The summed E-state index contributed by atoms with van der Waals surface area (Å²) in [6.07, 6.45) is 5.27. The summed E-state index contributed by atoms with van der Waals surface area (Å²) in [5.74, 6) is 0.330. The molecule has 122 valence electrons. The number of hydrogen-bond acceptors (Lipinski definition) is 4. The van der Waals surface area contributed by atoms with Crippen molar-refractivity contribution in [2.75, 3.05) is 0 Å². The molecule has 0 bridgehead atoms. The topological polar surface area (TPSA) is 56.5 Å². The van der Waals surface area contributed by atoms with E-state index in [1.165, 1.54) is 6.07 Å². The molecular weight excluding hydrogens is 316 g/mol. The smallest absolute Gasteiger partial charge is 0.336 e. The number of rotatable bonds is 2. The van der Waals surface area contributed by atoms with Crippen molar-refractivity contribution in [1.82, 2.24) is 0 Å². The predicted molar refractivity (Wildman–Crippen MR) is 95.7 cm³/mol. The molecule has 0 fully saturated rings. The maximum atomic E-state index is 12.7. The van der Waals surface area contributed by atoms with Crippen LogP contribution < -0.4 is 10.4 Å². The quantitative estimate of drug-likeness (QED) is 0.520. The molecule has 4 heteroatoms. The van der Waals surface area contributed by atoms with E-state index in [9.17, 15) is 9.59 Å². The van der Waals surface area contributed by atoms with Gasteiger partial charge in [-0.05, 0) is 36.3 Å². The lowest BCUT2D eigenvalue weighted by atomic mass is 10.0. The van der Waals surface area contributed by atoms with Crippen molar-refractivity contribution in [3.05, 3.63) is 93.6 Å². The van der Waals surface area contributed by atoms with Gasteiger partial charge in [-0.1, -0.05) is 42.5 Å². The third kappa shape index (κ3) is 2.68. The van der Waals surface area contributed by atoms with Gasteiger partial charge in [0.05, 0.1) is 0 Å². The fraction of sp³-hybridized carbons (Fsp3) is 0.0476. The van der Waals surface area contributed by atoms with Gasteiger partial charge in [-0.25, -0.2) is 4.79 Å². The van der Waals surface area contributed by atoms with Crippen LogP contribution in [-0.2, 0) is 0 Å². The highest BCUT2D eigenvalue weighted by atomic mass is 16.5. The Balaban J connectivity index is 1.74. The number of aryl methyl sites for hydroxylation is 1. The Bertz CT molecular complexity index is 1100. The average molecular weight is 330 g/mol. The summed E-state index contributed by atoms with van der Waals surface area (Å²) in [6, 6.07) is 14.7.